The fourth-order valence-electron chi connectivity index (χ4n) is 3.71. The maximum Gasteiger partial charge on any atom is 0.225 e. The van der Waals surface area contributed by atoms with Gasteiger partial charge in [0.25, 0.3) is 0 Å². The molecule has 24 heavy (non-hydrogen) atoms. The number of anilines is 1. The molecule has 1 aliphatic rings. The second-order valence-electron chi connectivity index (χ2n) is 6.91. The second kappa shape index (κ2) is 5.54. The molecule has 0 bridgehead atoms. The van der Waals surface area contributed by atoms with Crippen LogP contribution in [-0.2, 0) is 12.5 Å². The summed E-state index contributed by atoms with van der Waals surface area (Å²) in [6.45, 7) is 6.19. The number of hydrogen-bond donors (Lipinski definition) is 0. The molecule has 1 saturated heterocycles. The lowest BCUT2D eigenvalue weighted by Crippen LogP contribution is -2.45. The van der Waals surface area contributed by atoms with Crippen LogP contribution in [0.1, 0.15) is 31.2 Å². The van der Waals surface area contributed by atoms with Crippen molar-refractivity contribution >= 4 is 17.0 Å². The van der Waals surface area contributed by atoms with Gasteiger partial charge in [-0.05, 0) is 38.0 Å². The average Bonchev–Trinajstić information content (AvgIpc) is 2.90. The Kier molecular flexibility index (Phi) is 3.48. The SMILES string of the molecule is Cc1nn(C)c2nc([C@]3(C)CCCN(c4ncccn4)C3)ccc12. The fourth-order valence-corrected chi connectivity index (χ4v) is 3.71. The van der Waals surface area contributed by atoms with Crippen LogP contribution in [0.15, 0.2) is 30.6 Å². The van der Waals surface area contributed by atoms with Gasteiger partial charge in [0.2, 0.25) is 5.95 Å². The number of aryl methyl sites for hydroxylation is 2. The fraction of sp³-hybridized carbons (Fsp3) is 0.444. The largest absolute Gasteiger partial charge is 0.340 e. The third-order valence-electron chi connectivity index (χ3n) is 5.02. The summed E-state index contributed by atoms with van der Waals surface area (Å²) in [5, 5.41) is 5.61. The van der Waals surface area contributed by atoms with Crippen LogP contribution in [0, 0.1) is 6.92 Å². The average molecular weight is 322 g/mol. The first-order valence-corrected chi connectivity index (χ1v) is 8.40. The molecule has 0 amide bonds. The Morgan fingerprint density at radius 1 is 1.17 bits per heavy atom. The van der Waals surface area contributed by atoms with Crippen molar-refractivity contribution in [2.45, 2.75) is 32.1 Å². The summed E-state index contributed by atoms with van der Waals surface area (Å²) in [4.78, 5) is 16.0. The van der Waals surface area contributed by atoms with Crippen molar-refractivity contribution in [2.75, 3.05) is 18.0 Å². The molecular formula is C18H22N6. The van der Waals surface area contributed by atoms with Gasteiger partial charge < -0.3 is 4.90 Å². The number of rotatable bonds is 2. The van der Waals surface area contributed by atoms with E-state index in [1.165, 1.54) is 0 Å². The van der Waals surface area contributed by atoms with Crippen LogP contribution in [0.25, 0.3) is 11.0 Å². The molecule has 0 N–H and O–H groups in total. The monoisotopic (exact) mass is 322 g/mol. The molecule has 0 saturated carbocycles. The van der Waals surface area contributed by atoms with Crippen molar-refractivity contribution in [3.63, 3.8) is 0 Å². The van der Waals surface area contributed by atoms with Crippen LogP contribution in [-0.4, -0.2) is 37.8 Å². The summed E-state index contributed by atoms with van der Waals surface area (Å²) in [5.74, 6) is 0.806. The highest BCUT2D eigenvalue weighted by Gasteiger charge is 2.35. The molecular weight excluding hydrogens is 300 g/mol. The summed E-state index contributed by atoms with van der Waals surface area (Å²) in [6.07, 6.45) is 5.83. The van der Waals surface area contributed by atoms with E-state index in [0.717, 1.165) is 54.3 Å². The zero-order valence-corrected chi connectivity index (χ0v) is 14.4. The highest BCUT2D eigenvalue weighted by atomic mass is 15.3. The quantitative estimate of drug-likeness (QED) is 0.726. The number of nitrogens with zero attached hydrogens (tertiary/aromatic N) is 6. The first-order chi connectivity index (χ1) is 11.6. The third-order valence-corrected chi connectivity index (χ3v) is 5.02. The van der Waals surface area contributed by atoms with Gasteiger partial charge in [0, 0.05) is 43.3 Å². The highest BCUT2D eigenvalue weighted by Crippen LogP contribution is 2.34. The van der Waals surface area contributed by atoms with E-state index in [1.54, 1.807) is 12.4 Å². The molecule has 124 valence electrons. The molecule has 0 radical (unpaired) electrons. The van der Waals surface area contributed by atoms with Crippen LogP contribution >= 0.6 is 0 Å². The molecule has 4 heterocycles. The smallest absolute Gasteiger partial charge is 0.225 e. The number of fused-ring (bicyclic) bond motifs is 1. The minimum absolute atomic E-state index is 0.0101. The Balaban J connectivity index is 1.70. The van der Waals surface area contributed by atoms with Crippen molar-refractivity contribution < 1.29 is 0 Å². The minimum Gasteiger partial charge on any atom is -0.340 e. The molecule has 1 atom stereocenters. The van der Waals surface area contributed by atoms with Crippen molar-refractivity contribution in [3.05, 3.63) is 42.0 Å². The van der Waals surface area contributed by atoms with E-state index < -0.39 is 0 Å². The van der Waals surface area contributed by atoms with Gasteiger partial charge in [0.15, 0.2) is 5.65 Å². The van der Waals surface area contributed by atoms with Gasteiger partial charge in [0.1, 0.15) is 0 Å². The van der Waals surface area contributed by atoms with Crippen LogP contribution in [0.2, 0.25) is 0 Å². The lowest BCUT2D eigenvalue weighted by Gasteiger charge is -2.40. The van der Waals surface area contributed by atoms with Gasteiger partial charge in [0.05, 0.1) is 11.4 Å². The van der Waals surface area contributed by atoms with Crippen LogP contribution in [0.3, 0.4) is 0 Å². The summed E-state index contributed by atoms with van der Waals surface area (Å²) >= 11 is 0. The predicted molar refractivity (Wildman–Crippen MR) is 94.1 cm³/mol. The van der Waals surface area contributed by atoms with E-state index in [2.05, 4.69) is 39.0 Å². The molecule has 6 heteroatoms. The molecule has 1 aliphatic heterocycles. The van der Waals surface area contributed by atoms with E-state index in [9.17, 15) is 0 Å². The topological polar surface area (TPSA) is 59.7 Å². The maximum atomic E-state index is 4.95. The van der Waals surface area contributed by atoms with Crippen molar-refractivity contribution in [3.8, 4) is 0 Å². The maximum absolute atomic E-state index is 4.95. The summed E-state index contributed by atoms with van der Waals surface area (Å²) in [6, 6.07) is 6.17. The normalized spacial score (nSPS) is 21.4. The zero-order valence-electron chi connectivity index (χ0n) is 14.4. The van der Waals surface area contributed by atoms with Crippen molar-refractivity contribution in [2.24, 2.45) is 7.05 Å². The highest BCUT2D eigenvalue weighted by molar-refractivity contribution is 5.78. The first kappa shape index (κ1) is 15.1. The van der Waals surface area contributed by atoms with Gasteiger partial charge in [-0.25, -0.2) is 15.0 Å². The zero-order chi connectivity index (χ0) is 16.7. The number of piperidine rings is 1. The molecule has 1 fully saturated rings. The number of hydrogen-bond acceptors (Lipinski definition) is 5. The first-order valence-electron chi connectivity index (χ1n) is 8.40. The van der Waals surface area contributed by atoms with Crippen LogP contribution < -0.4 is 4.90 Å². The van der Waals surface area contributed by atoms with Crippen LogP contribution in [0.5, 0.6) is 0 Å². The minimum atomic E-state index is -0.0101. The van der Waals surface area contributed by atoms with Crippen molar-refractivity contribution in [1.29, 1.82) is 0 Å². The van der Waals surface area contributed by atoms with Crippen LogP contribution in [0.4, 0.5) is 5.95 Å². The van der Waals surface area contributed by atoms with Gasteiger partial charge in [-0.15, -0.1) is 0 Å². The molecule has 0 aromatic carbocycles. The Morgan fingerprint density at radius 3 is 2.75 bits per heavy atom. The lowest BCUT2D eigenvalue weighted by atomic mass is 9.78. The Morgan fingerprint density at radius 2 is 1.96 bits per heavy atom. The molecule has 3 aromatic rings. The summed E-state index contributed by atoms with van der Waals surface area (Å²) in [7, 11) is 1.96. The van der Waals surface area contributed by atoms with Gasteiger partial charge in [-0.1, -0.05) is 6.92 Å². The van der Waals surface area contributed by atoms with Gasteiger partial charge in [-0.2, -0.15) is 5.10 Å². The second-order valence-corrected chi connectivity index (χ2v) is 6.91. The van der Waals surface area contributed by atoms with Gasteiger partial charge in [-0.3, -0.25) is 4.68 Å². The van der Waals surface area contributed by atoms with E-state index in [4.69, 9.17) is 4.98 Å². The molecule has 0 aliphatic carbocycles. The Hall–Kier alpha value is -2.50. The van der Waals surface area contributed by atoms with E-state index in [0.29, 0.717) is 0 Å². The van der Waals surface area contributed by atoms with Gasteiger partial charge >= 0.3 is 0 Å². The lowest BCUT2D eigenvalue weighted by molar-refractivity contribution is 0.362. The number of pyridine rings is 1. The molecule has 0 unspecified atom stereocenters. The van der Waals surface area contributed by atoms with E-state index >= 15 is 0 Å². The summed E-state index contributed by atoms with van der Waals surface area (Å²) < 4.78 is 1.87. The molecule has 0 spiro atoms. The Labute approximate surface area is 141 Å². The molecule has 3 aromatic heterocycles. The summed E-state index contributed by atoms with van der Waals surface area (Å²) in [5.41, 5.74) is 3.10. The number of aromatic nitrogens is 5. The molecule has 6 nitrogen and oxygen atoms in total. The van der Waals surface area contributed by atoms with E-state index in [-0.39, 0.29) is 5.41 Å². The molecule has 4 rings (SSSR count). The van der Waals surface area contributed by atoms with Crippen molar-refractivity contribution in [1.82, 2.24) is 24.7 Å². The Bertz CT molecular complexity index is 872. The van der Waals surface area contributed by atoms with E-state index in [1.807, 2.05) is 24.7 Å². The predicted octanol–water partition coefficient (Wildman–Crippen LogP) is 2.62. The standard InChI is InChI=1S/C18H22N6/c1-13-14-6-7-15(21-16(14)23(3)22-13)18(2)8-4-11-24(12-18)17-19-9-5-10-20-17/h5-7,9-10H,4,8,11-12H2,1-3H3/t18-/m1/s1. The third kappa shape index (κ3) is 2.42.